The molecule has 1 aliphatic rings. The summed E-state index contributed by atoms with van der Waals surface area (Å²) in [4.78, 5) is 14.3. The number of para-hydroxylation sites is 1. The van der Waals surface area contributed by atoms with E-state index in [0.717, 1.165) is 38.9 Å². The molecule has 0 spiro atoms. The summed E-state index contributed by atoms with van der Waals surface area (Å²) >= 11 is 0. The van der Waals surface area contributed by atoms with Crippen LogP contribution < -0.4 is 0 Å². The normalized spacial score (nSPS) is 13.4. The van der Waals surface area contributed by atoms with E-state index in [9.17, 15) is 8.42 Å². The molecule has 5 heterocycles. The minimum Gasteiger partial charge on any atom is -0.255 e. The number of fused-ring (bicyclic) bond motifs is 5. The van der Waals surface area contributed by atoms with Crippen molar-refractivity contribution in [1.82, 2.24) is 18.9 Å². The fourth-order valence-corrected chi connectivity index (χ4v) is 7.51. The minimum atomic E-state index is -3.81. The van der Waals surface area contributed by atoms with E-state index in [2.05, 4.69) is 16.0 Å². The van der Waals surface area contributed by atoms with E-state index in [1.54, 1.807) is 24.5 Å². The highest BCUT2D eigenvalue weighted by Gasteiger charge is 2.33. The third kappa shape index (κ3) is 3.21. The number of pyridine rings is 3. The molecule has 7 heteroatoms. The van der Waals surface area contributed by atoms with Gasteiger partial charge in [0.2, 0.25) is 0 Å². The molecule has 0 unspecified atom stereocenters. The van der Waals surface area contributed by atoms with Crippen LogP contribution >= 0.6 is 0 Å². The molecule has 0 amide bonds. The quantitative estimate of drug-likeness (QED) is 0.239. The first-order valence-electron chi connectivity index (χ1n) is 12.9. The van der Waals surface area contributed by atoms with E-state index in [1.165, 1.54) is 3.97 Å². The maximum Gasteiger partial charge on any atom is 0.269 e. The van der Waals surface area contributed by atoms with Gasteiger partial charge in [0.25, 0.3) is 10.0 Å². The van der Waals surface area contributed by atoms with Gasteiger partial charge in [-0.25, -0.2) is 17.4 Å². The molecule has 3 aromatic carbocycles. The van der Waals surface area contributed by atoms with Crippen molar-refractivity contribution in [1.29, 1.82) is 0 Å². The van der Waals surface area contributed by atoms with Gasteiger partial charge in [0.05, 0.1) is 38.7 Å². The highest BCUT2D eigenvalue weighted by molar-refractivity contribution is 7.90. The maximum absolute atomic E-state index is 14.0. The van der Waals surface area contributed by atoms with Crippen molar-refractivity contribution >= 4 is 31.8 Å². The molecule has 0 bridgehead atoms. The molecule has 0 radical (unpaired) electrons. The first kappa shape index (κ1) is 22.8. The van der Waals surface area contributed by atoms with E-state index >= 15 is 0 Å². The largest absolute Gasteiger partial charge is 0.269 e. The van der Waals surface area contributed by atoms with Gasteiger partial charge in [-0.3, -0.25) is 9.97 Å². The zero-order valence-electron chi connectivity index (χ0n) is 21.1. The maximum atomic E-state index is 14.0. The summed E-state index contributed by atoms with van der Waals surface area (Å²) < 4.78 is 29.6. The van der Waals surface area contributed by atoms with Crippen LogP contribution in [0.25, 0.3) is 66.8 Å². The number of hydrogen-bond donors (Lipinski definition) is 0. The Morgan fingerprint density at radius 1 is 0.575 bits per heavy atom. The van der Waals surface area contributed by atoms with E-state index in [1.807, 2.05) is 91.0 Å². The number of aromatic nitrogens is 4. The van der Waals surface area contributed by atoms with E-state index in [0.29, 0.717) is 32.9 Å². The predicted molar refractivity (Wildman–Crippen MR) is 157 cm³/mol. The first-order chi connectivity index (χ1) is 19.6. The van der Waals surface area contributed by atoms with E-state index in [-0.39, 0.29) is 0 Å². The lowest BCUT2D eigenvalue weighted by Crippen LogP contribution is -2.17. The summed E-state index contributed by atoms with van der Waals surface area (Å²) in [6.45, 7) is 0. The molecule has 8 rings (SSSR count). The van der Waals surface area contributed by atoms with Crippen LogP contribution in [0.4, 0.5) is 0 Å². The number of rotatable bonds is 3. The van der Waals surface area contributed by atoms with Gasteiger partial charge in [0, 0.05) is 34.3 Å². The highest BCUT2D eigenvalue weighted by atomic mass is 32.2. The van der Waals surface area contributed by atoms with Crippen molar-refractivity contribution in [2.45, 2.75) is 4.90 Å². The summed E-state index contributed by atoms with van der Waals surface area (Å²) in [5.74, 6) is 0. The lowest BCUT2D eigenvalue weighted by molar-refractivity contribution is 0.590. The third-order valence-electron chi connectivity index (χ3n) is 7.46. The Kier molecular flexibility index (Phi) is 4.81. The summed E-state index contributed by atoms with van der Waals surface area (Å²) in [5, 5.41) is 1.76. The molecule has 0 aliphatic carbocycles. The van der Waals surface area contributed by atoms with Gasteiger partial charge in [-0.05, 0) is 59.7 Å². The molecule has 4 aromatic heterocycles. The molecule has 0 saturated heterocycles. The van der Waals surface area contributed by atoms with Crippen molar-refractivity contribution in [3.8, 4) is 45.0 Å². The second kappa shape index (κ2) is 8.43. The third-order valence-corrected chi connectivity index (χ3v) is 9.23. The van der Waals surface area contributed by atoms with Crippen molar-refractivity contribution in [3.63, 3.8) is 0 Å². The van der Waals surface area contributed by atoms with Crippen LogP contribution in [0.5, 0.6) is 0 Å². The Morgan fingerprint density at radius 2 is 1.20 bits per heavy atom. The Hall–Kier alpha value is -5.14. The average Bonchev–Trinajstić information content (AvgIpc) is 3.37. The average molecular weight is 537 g/mol. The smallest absolute Gasteiger partial charge is 0.255 e. The zero-order chi connectivity index (χ0) is 26.8. The summed E-state index contributed by atoms with van der Waals surface area (Å²) in [5.41, 5.74) is 7.69. The SMILES string of the molecule is O=S1(=O)c2ccccc2-c2ccc(-c3cc(-c4ccccn4)nc(-c4ccccn4)c3)c3c4ccccc4n1c23. The molecule has 190 valence electrons. The predicted octanol–water partition coefficient (Wildman–Crippen LogP) is 7.20. The standard InChI is InChI=1S/C33H20N4O2S/c38-40(39)31-14-4-2-9-23(31)24-16-15-22(32-25-10-1-3-13-30(25)37(40)33(24)32)21-19-28(26-11-5-7-17-34-26)36-29(20-21)27-12-6-8-18-35-27/h1-20H. The van der Waals surface area contributed by atoms with Crippen molar-refractivity contribution in [2.24, 2.45) is 0 Å². The molecule has 40 heavy (non-hydrogen) atoms. The fraction of sp³-hybridized carbons (Fsp3) is 0. The van der Waals surface area contributed by atoms with E-state index in [4.69, 9.17) is 4.98 Å². The van der Waals surface area contributed by atoms with Crippen LogP contribution in [-0.4, -0.2) is 27.3 Å². The van der Waals surface area contributed by atoms with Crippen molar-refractivity contribution in [2.75, 3.05) is 0 Å². The summed E-state index contributed by atoms with van der Waals surface area (Å²) in [6, 6.07) is 34.6. The summed E-state index contributed by atoms with van der Waals surface area (Å²) in [6.07, 6.45) is 3.50. The minimum absolute atomic E-state index is 0.316. The Labute approximate surface area is 230 Å². The van der Waals surface area contributed by atoms with Crippen LogP contribution in [0, 0.1) is 0 Å². The fourth-order valence-electron chi connectivity index (χ4n) is 5.75. The lowest BCUT2D eigenvalue weighted by atomic mass is 9.93. The molecular weight excluding hydrogens is 516 g/mol. The monoisotopic (exact) mass is 536 g/mol. The second-order valence-electron chi connectivity index (χ2n) is 9.72. The van der Waals surface area contributed by atoms with Crippen LogP contribution in [0.1, 0.15) is 0 Å². The molecule has 0 fully saturated rings. The molecule has 1 aliphatic heterocycles. The molecular formula is C33H20N4O2S. The zero-order valence-corrected chi connectivity index (χ0v) is 21.9. The number of hydrogen-bond acceptors (Lipinski definition) is 5. The molecule has 0 saturated carbocycles. The topological polar surface area (TPSA) is 77.7 Å². The van der Waals surface area contributed by atoms with Crippen LogP contribution in [0.15, 0.2) is 126 Å². The Balaban J connectivity index is 1.50. The van der Waals surface area contributed by atoms with Crippen molar-refractivity contribution in [3.05, 3.63) is 122 Å². The van der Waals surface area contributed by atoms with Crippen LogP contribution in [0.2, 0.25) is 0 Å². The first-order valence-corrected chi connectivity index (χ1v) is 14.3. The van der Waals surface area contributed by atoms with Gasteiger partial charge < -0.3 is 0 Å². The van der Waals surface area contributed by atoms with Gasteiger partial charge in [0.1, 0.15) is 0 Å². The highest BCUT2D eigenvalue weighted by Crippen LogP contribution is 2.48. The molecule has 7 aromatic rings. The Bertz CT molecular complexity index is 2170. The van der Waals surface area contributed by atoms with Gasteiger partial charge in [-0.15, -0.1) is 0 Å². The van der Waals surface area contributed by atoms with Gasteiger partial charge >= 0.3 is 0 Å². The van der Waals surface area contributed by atoms with Gasteiger partial charge in [-0.2, -0.15) is 0 Å². The van der Waals surface area contributed by atoms with Crippen LogP contribution in [0.3, 0.4) is 0 Å². The number of benzene rings is 3. The van der Waals surface area contributed by atoms with Crippen molar-refractivity contribution < 1.29 is 8.42 Å². The lowest BCUT2D eigenvalue weighted by Gasteiger charge is -2.21. The van der Waals surface area contributed by atoms with Crippen LogP contribution in [-0.2, 0) is 10.0 Å². The summed E-state index contributed by atoms with van der Waals surface area (Å²) in [7, 11) is -3.81. The Morgan fingerprint density at radius 3 is 1.90 bits per heavy atom. The van der Waals surface area contributed by atoms with E-state index < -0.39 is 10.0 Å². The molecule has 6 nitrogen and oxygen atoms in total. The van der Waals surface area contributed by atoms with Gasteiger partial charge in [-0.1, -0.05) is 60.7 Å². The second-order valence-corrected chi connectivity index (χ2v) is 11.5. The molecule has 0 atom stereocenters. The number of nitrogens with zero attached hydrogens (tertiary/aromatic N) is 4. The van der Waals surface area contributed by atoms with Gasteiger partial charge in [0.15, 0.2) is 0 Å². The molecule has 0 N–H and O–H groups in total.